The molecular formula is C9H8ClN3O. The zero-order valence-corrected chi connectivity index (χ0v) is 8.25. The van der Waals surface area contributed by atoms with E-state index in [9.17, 15) is 0 Å². The van der Waals surface area contributed by atoms with Crippen LogP contribution >= 0.6 is 11.6 Å². The lowest BCUT2D eigenvalue weighted by molar-refractivity contribution is 0.433. The van der Waals surface area contributed by atoms with Crippen LogP contribution in [0, 0.1) is 6.92 Å². The number of benzene rings is 1. The van der Waals surface area contributed by atoms with Gasteiger partial charge in [-0.3, -0.25) is 0 Å². The van der Waals surface area contributed by atoms with Crippen LogP contribution in [0.5, 0.6) is 0 Å². The van der Waals surface area contributed by atoms with Gasteiger partial charge in [-0.05, 0) is 29.8 Å². The second-order valence-electron chi connectivity index (χ2n) is 2.92. The van der Waals surface area contributed by atoms with Gasteiger partial charge in [-0.25, -0.2) is 0 Å². The first-order valence-electron chi connectivity index (χ1n) is 4.02. The number of hydrogen-bond donors (Lipinski definition) is 1. The fourth-order valence-corrected chi connectivity index (χ4v) is 1.34. The van der Waals surface area contributed by atoms with Crippen molar-refractivity contribution >= 4 is 17.5 Å². The number of nitrogen functional groups attached to an aromatic ring is 1. The van der Waals surface area contributed by atoms with Crippen molar-refractivity contribution in [2.45, 2.75) is 6.92 Å². The Morgan fingerprint density at radius 1 is 1.43 bits per heavy atom. The molecule has 72 valence electrons. The fraction of sp³-hybridized carbons (Fsp3) is 0.111. The van der Waals surface area contributed by atoms with E-state index in [0.717, 1.165) is 11.1 Å². The summed E-state index contributed by atoms with van der Waals surface area (Å²) in [6, 6.07) is 5.46. The highest BCUT2D eigenvalue weighted by atomic mass is 35.5. The lowest BCUT2D eigenvalue weighted by Crippen LogP contribution is -1.87. The molecule has 2 N–H and O–H groups in total. The number of anilines is 1. The Morgan fingerprint density at radius 2 is 2.21 bits per heavy atom. The van der Waals surface area contributed by atoms with E-state index in [2.05, 4.69) is 10.1 Å². The Morgan fingerprint density at radius 3 is 2.86 bits per heavy atom. The first-order chi connectivity index (χ1) is 6.66. The zero-order chi connectivity index (χ0) is 10.1. The van der Waals surface area contributed by atoms with E-state index >= 15 is 0 Å². The van der Waals surface area contributed by atoms with E-state index < -0.39 is 0 Å². The van der Waals surface area contributed by atoms with Gasteiger partial charge in [0.1, 0.15) is 0 Å². The van der Waals surface area contributed by atoms with E-state index in [4.69, 9.17) is 21.9 Å². The standard InChI is InChI=1S/C9H8ClN3O/c1-5-2-3-6(10)4-7(5)8-12-9(11)13-14-8/h2-4H,1H3,(H2,11,13). The Hall–Kier alpha value is -1.55. The van der Waals surface area contributed by atoms with Gasteiger partial charge in [0.25, 0.3) is 11.8 Å². The second-order valence-corrected chi connectivity index (χ2v) is 3.35. The van der Waals surface area contributed by atoms with Crippen molar-refractivity contribution in [3.63, 3.8) is 0 Å². The molecule has 0 radical (unpaired) electrons. The summed E-state index contributed by atoms with van der Waals surface area (Å²) in [6.07, 6.45) is 0. The quantitative estimate of drug-likeness (QED) is 0.783. The van der Waals surface area contributed by atoms with E-state index in [1.807, 2.05) is 13.0 Å². The molecule has 0 amide bonds. The van der Waals surface area contributed by atoms with E-state index in [1.165, 1.54) is 0 Å². The number of aryl methyl sites for hydroxylation is 1. The minimum absolute atomic E-state index is 0.124. The maximum absolute atomic E-state index is 5.85. The molecule has 1 aromatic carbocycles. The summed E-state index contributed by atoms with van der Waals surface area (Å²) in [4.78, 5) is 3.92. The molecule has 0 saturated heterocycles. The monoisotopic (exact) mass is 209 g/mol. The SMILES string of the molecule is Cc1ccc(Cl)cc1-c1nc(N)no1. The highest BCUT2D eigenvalue weighted by molar-refractivity contribution is 6.30. The molecule has 14 heavy (non-hydrogen) atoms. The Bertz CT molecular complexity index is 467. The van der Waals surface area contributed by atoms with Crippen molar-refractivity contribution < 1.29 is 4.52 Å². The minimum atomic E-state index is 0.124. The Balaban J connectivity index is 2.55. The average Bonchev–Trinajstić information content (AvgIpc) is 2.56. The third-order valence-electron chi connectivity index (χ3n) is 1.87. The third-order valence-corrected chi connectivity index (χ3v) is 2.11. The number of rotatable bonds is 1. The molecule has 1 aromatic heterocycles. The van der Waals surface area contributed by atoms with Crippen LogP contribution in [0.1, 0.15) is 5.56 Å². The van der Waals surface area contributed by atoms with Gasteiger partial charge in [-0.1, -0.05) is 17.7 Å². The summed E-state index contributed by atoms with van der Waals surface area (Å²) < 4.78 is 4.94. The Labute approximate surface area is 85.7 Å². The average molecular weight is 210 g/mol. The van der Waals surface area contributed by atoms with Crippen LogP contribution in [-0.4, -0.2) is 10.1 Å². The van der Waals surface area contributed by atoms with Crippen LogP contribution in [-0.2, 0) is 0 Å². The highest BCUT2D eigenvalue weighted by Crippen LogP contribution is 2.25. The summed E-state index contributed by atoms with van der Waals surface area (Å²) in [5.74, 6) is 0.516. The first-order valence-corrected chi connectivity index (χ1v) is 4.40. The van der Waals surface area contributed by atoms with E-state index in [-0.39, 0.29) is 5.95 Å². The maximum atomic E-state index is 5.85. The molecule has 0 aliphatic carbocycles. The fourth-order valence-electron chi connectivity index (χ4n) is 1.17. The summed E-state index contributed by atoms with van der Waals surface area (Å²) in [5, 5.41) is 4.14. The molecule has 0 unspecified atom stereocenters. The van der Waals surface area contributed by atoms with Gasteiger partial charge in [-0.15, -0.1) is 0 Å². The van der Waals surface area contributed by atoms with Crippen molar-refractivity contribution in [1.29, 1.82) is 0 Å². The van der Waals surface area contributed by atoms with Crippen molar-refractivity contribution in [2.75, 3.05) is 5.73 Å². The van der Waals surface area contributed by atoms with E-state index in [0.29, 0.717) is 10.9 Å². The van der Waals surface area contributed by atoms with Crippen LogP contribution in [0.4, 0.5) is 5.95 Å². The predicted molar refractivity (Wildman–Crippen MR) is 53.9 cm³/mol. The molecule has 1 heterocycles. The Kier molecular flexibility index (Phi) is 2.13. The van der Waals surface area contributed by atoms with Crippen LogP contribution in [0.15, 0.2) is 22.7 Å². The van der Waals surface area contributed by atoms with Crippen LogP contribution in [0.25, 0.3) is 11.5 Å². The van der Waals surface area contributed by atoms with Gasteiger partial charge >= 0.3 is 0 Å². The molecule has 0 aliphatic rings. The van der Waals surface area contributed by atoms with Crippen molar-refractivity contribution in [3.8, 4) is 11.5 Å². The number of nitrogens with zero attached hydrogens (tertiary/aromatic N) is 2. The number of halogens is 1. The number of nitrogens with two attached hydrogens (primary N) is 1. The largest absolute Gasteiger partial charge is 0.365 e. The lowest BCUT2D eigenvalue weighted by atomic mass is 10.1. The zero-order valence-electron chi connectivity index (χ0n) is 7.49. The molecule has 5 heteroatoms. The molecule has 0 bridgehead atoms. The smallest absolute Gasteiger partial charge is 0.261 e. The summed E-state index contributed by atoms with van der Waals surface area (Å²) in [7, 11) is 0. The van der Waals surface area contributed by atoms with Gasteiger partial charge < -0.3 is 10.3 Å². The molecule has 0 saturated carbocycles. The third kappa shape index (κ3) is 1.56. The van der Waals surface area contributed by atoms with Gasteiger partial charge in [0.2, 0.25) is 0 Å². The van der Waals surface area contributed by atoms with Gasteiger partial charge in [-0.2, -0.15) is 4.98 Å². The molecule has 2 aromatic rings. The molecule has 0 fully saturated rings. The number of aromatic nitrogens is 2. The van der Waals surface area contributed by atoms with Crippen LogP contribution in [0.2, 0.25) is 5.02 Å². The molecule has 0 aliphatic heterocycles. The maximum Gasteiger partial charge on any atom is 0.261 e. The van der Waals surface area contributed by atoms with Gasteiger partial charge in [0, 0.05) is 10.6 Å². The molecule has 2 rings (SSSR count). The summed E-state index contributed by atoms with van der Waals surface area (Å²) in [6.45, 7) is 1.94. The highest BCUT2D eigenvalue weighted by Gasteiger charge is 2.09. The van der Waals surface area contributed by atoms with Crippen LogP contribution in [0.3, 0.4) is 0 Å². The number of hydrogen-bond acceptors (Lipinski definition) is 4. The lowest BCUT2D eigenvalue weighted by Gasteiger charge is -1.99. The normalized spacial score (nSPS) is 10.4. The van der Waals surface area contributed by atoms with Crippen molar-refractivity contribution in [2.24, 2.45) is 0 Å². The minimum Gasteiger partial charge on any atom is -0.365 e. The molecule has 0 spiro atoms. The van der Waals surface area contributed by atoms with Crippen molar-refractivity contribution in [3.05, 3.63) is 28.8 Å². The van der Waals surface area contributed by atoms with E-state index in [1.54, 1.807) is 12.1 Å². The summed E-state index contributed by atoms with van der Waals surface area (Å²) >= 11 is 5.85. The molecule has 4 nitrogen and oxygen atoms in total. The second kappa shape index (κ2) is 3.31. The summed E-state index contributed by atoms with van der Waals surface area (Å²) in [5.41, 5.74) is 7.17. The first kappa shape index (κ1) is 9.02. The topological polar surface area (TPSA) is 64.9 Å². The van der Waals surface area contributed by atoms with Gasteiger partial charge in [0.15, 0.2) is 0 Å². The molecular weight excluding hydrogens is 202 g/mol. The molecule has 0 atom stereocenters. The van der Waals surface area contributed by atoms with Crippen LogP contribution < -0.4 is 5.73 Å². The van der Waals surface area contributed by atoms with Crippen molar-refractivity contribution in [1.82, 2.24) is 10.1 Å². The predicted octanol–water partition coefficient (Wildman–Crippen LogP) is 2.28. The van der Waals surface area contributed by atoms with Gasteiger partial charge in [0.05, 0.1) is 0 Å².